The van der Waals surface area contributed by atoms with E-state index in [2.05, 4.69) is 37.9 Å². The van der Waals surface area contributed by atoms with E-state index in [4.69, 9.17) is 9.78 Å². The molecule has 3 heterocycles. The van der Waals surface area contributed by atoms with Crippen LogP contribution in [0.2, 0.25) is 0 Å². The van der Waals surface area contributed by atoms with E-state index in [9.17, 15) is 0 Å². The van der Waals surface area contributed by atoms with Crippen molar-refractivity contribution in [3.8, 4) is 6.07 Å². The molecule has 0 spiro atoms. The summed E-state index contributed by atoms with van der Waals surface area (Å²) < 4.78 is 5.36. The molecule has 1 fully saturated rings. The van der Waals surface area contributed by atoms with Crippen molar-refractivity contribution >= 4 is 5.82 Å². The number of piperazine rings is 1. The van der Waals surface area contributed by atoms with Gasteiger partial charge in [-0.3, -0.25) is 4.90 Å². The number of aromatic nitrogens is 3. The summed E-state index contributed by atoms with van der Waals surface area (Å²) >= 11 is 0. The first kappa shape index (κ1) is 16.4. The molecule has 0 saturated carbocycles. The van der Waals surface area contributed by atoms with Crippen molar-refractivity contribution < 1.29 is 4.52 Å². The van der Waals surface area contributed by atoms with E-state index in [1.807, 2.05) is 26.0 Å². The summed E-state index contributed by atoms with van der Waals surface area (Å²) in [6.07, 6.45) is 0.782. The molecule has 1 aliphatic rings. The Morgan fingerprint density at radius 3 is 2.62 bits per heavy atom. The quantitative estimate of drug-likeness (QED) is 0.850. The molecule has 0 amide bonds. The fraction of sp³-hybridized carbons (Fsp3) is 0.529. The first-order chi connectivity index (χ1) is 11.6. The largest absolute Gasteiger partial charge is 0.354 e. The van der Waals surface area contributed by atoms with E-state index in [1.165, 1.54) is 0 Å². The van der Waals surface area contributed by atoms with Crippen LogP contribution in [0.1, 0.15) is 42.9 Å². The van der Waals surface area contributed by atoms with Crippen LogP contribution in [0.5, 0.6) is 0 Å². The van der Waals surface area contributed by atoms with E-state index >= 15 is 0 Å². The fourth-order valence-corrected chi connectivity index (χ4v) is 2.88. The van der Waals surface area contributed by atoms with Crippen molar-refractivity contribution in [2.24, 2.45) is 0 Å². The highest BCUT2D eigenvalue weighted by Gasteiger charge is 2.26. The van der Waals surface area contributed by atoms with Gasteiger partial charge in [-0.2, -0.15) is 10.2 Å². The average Bonchev–Trinajstić information content (AvgIpc) is 3.11. The van der Waals surface area contributed by atoms with Crippen LogP contribution in [0, 0.1) is 18.3 Å². The van der Waals surface area contributed by atoms with E-state index in [0.717, 1.165) is 49.8 Å². The van der Waals surface area contributed by atoms with Gasteiger partial charge in [-0.05, 0) is 25.5 Å². The van der Waals surface area contributed by atoms with Gasteiger partial charge in [0.1, 0.15) is 17.6 Å². The second kappa shape index (κ2) is 6.97. The lowest BCUT2D eigenvalue weighted by Crippen LogP contribution is -2.47. The number of rotatable bonds is 4. The van der Waals surface area contributed by atoms with Crippen LogP contribution >= 0.6 is 0 Å². The number of aryl methyl sites for hydroxylation is 2. The Hall–Kier alpha value is -2.46. The Kier molecular flexibility index (Phi) is 4.76. The summed E-state index contributed by atoms with van der Waals surface area (Å²) in [5, 5.41) is 13.1. The molecule has 1 saturated heterocycles. The number of anilines is 1. The monoisotopic (exact) mass is 326 g/mol. The van der Waals surface area contributed by atoms with Crippen LogP contribution in [0.25, 0.3) is 0 Å². The lowest BCUT2D eigenvalue weighted by Gasteiger charge is -2.37. The first-order valence-electron chi connectivity index (χ1n) is 8.31. The predicted octanol–water partition coefficient (Wildman–Crippen LogP) is 2.09. The molecule has 1 unspecified atom stereocenters. The van der Waals surface area contributed by atoms with Gasteiger partial charge in [-0.15, -0.1) is 0 Å². The maximum absolute atomic E-state index is 9.14. The number of pyridine rings is 1. The van der Waals surface area contributed by atoms with Crippen molar-refractivity contribution in [2.75, 3.05) is 31.1 Å². The lowest BCUT2D eigenvalue weighted by atomic mass is 10.2. The Labute approximate surface area is 141 Å². The summed E-state index contributed by atoms with van der Waals surface area (Å²) in [6, 6.07) is 6.21. The SMILES string of the molecule is CCc1noc(C(C)N2CCN(c3ccc(C)c(C#N)n3)CC2)n1. The number of nitriles is 1. The van der Waals surface area contributed by atoms with Crippen LogP contribution in [0.15, 0.2) is 16.7 Å². The molecule has 7 nitrogen and oxygen atoms in total. The summed E-state index contributed by atoms with van der Waals surface area (Å²) in [4.78, 5) is 13.4. The van der Waals surface area contributed by atoms with Gasteiger partial charge in [-0.1, -0.05) is 18.1 Å². The highest BCUT2D eigenvalue weighted by Crippen LogP contribution is 2.22. The molecule has 0 N–H and O–H groups in total. The molecule has 2 aromatic rings. The maximum atomic E-state index is 9.14. The minimum atomic E-state index is 0.112. The molecule has 24 heavy (non-hydrogen) atoms. The first-order valence-corrected chi connectivity index (χ1v) is 8.31. The van der Waals surface area contributed by atoms with Crippen molar-refractivity contribution in [2.45, 2.75) is 33.2 Å². The molecule has 1 atom stereocenters. The summed E-state index contributed by atoms with van der Waals surface area (Å²) in [7, 11) is 0. The topological polar surface area (TPSA) is 82.1 Å². The van der Waals surface area contributed by atoms with E-state index in [-0.39, 0.29) is 6.04 Å². The second-order valence-electron chi connectivity index (χ2n) is 6.05. The van der Waals surface area contributed by atoms with Gasteiger partial charge >= 0.3 is 0 Å². The van der Waals surface area contributed by atoms with Crippen molar-refractivity contribution in [1.29, 1.82) is 5.26 Å². The fourth-order valence-electron chi connectivity index (χ4n) is 2.88. The zero-order valence-corrected chi connectivity index (χ0v) is 14.4. The molecule has 1 aliphatic heterocycles. The van der Waals surface area contributed by atoms with Crippen LogP contribution in [0.4, 0.5) is 5.82 Å². The van der Waals surface area contributed by atoms with Gasteiger partial charge in [-0.25, -0.2) is 4.98 Å². The van der Waals surface area contributed by atoms with E-state index < -0.39 is 0 Å². The summed E-state index contributed by atoms with van der Waals surface area (Å²) in [5.41, 5.74) is 1.41. The second-order valence-corrected chi connectivity index (χ2v) is 6.05. The molecule has 0 aromatic carbocycles. The zero-order chi connectivity index (χ0) is 17.1. The molecular formula is C17H22N6O. The maximum Gasteiger partial charge on any atom is 0.243 e. The third-order valence-electron chi connectivity index (χ3n) is 4.53. The van der Waals surface area contributed by atoms with Crippen molar-refractivity contribution in [1.82, 2.24) is 20.0 Å². The highest BCUT2D eigenvalue weighted by atomic mass is 16.5. The molecule has 7 heteroatoms. The Morgan fingerprint density at radius 1 is 1.25 bits per heavy atom. The third-order valence-corrected chi connectivity index (χ3v) is 4.53. The lowest BCUT2D eigenvalue weighted by molar-refractivity contribution is 0.164. The molecule has 0 radical (unpaired) electrons. The predicted molar refractivity (Wildman–Crippen MR) is 89.6 cm³/mol. The molecular weight excluding hydrogens is 304 g/mol. The van der Waals surface area contributed by atoms with Gasteiger partial charge < -0.3 is 9.42 Å². The standard InChI is InChI=1S/C17H22N6O/c1-4-15-20-17(24-21-15)13(3)22-7-9-23(10-8-22)16-6-5-12(2)14(11-18)19-16/h5-6,13H,4,7-10H2,1-3H3. The molecule has 0 bridgehead atoms. The summed E-state index contributed by atoms with van der Waals surface area (Å²) in [6.45, 7) is 9.53. The number of hydrogen-bond acceptors (Lipinski definition) is 7. The smallest absolute Gasteiger partial charge is 0.243 e. The van der Waals surface area contributed by atoms with Gasteiger partial charge in [0.15, 0.2) is 5.82 Å². The van der Waals surface area contributed by atoms with Gasteiger partial charge in [0, 0.05) is 32.6 Å². The van der Waals surface area contributed by atoms with Crippen LogP contribution in [-0.4, -0.2) is 46.2 Å². The van der Waals surface area contributed by atoms with E-state index in [0.29, 0.717) is 11.6 Å². The average molecular weight is 326 g/mol. The highest BCUT2D eigenvalue weighted by molar-refractivity contribution is 5.45. The molecule has 0 aliphatic carbocycles. The minimum absolute atomic E-state index is 0.112. The number of hydrogen-bond donors (Lipinski definition) is 0. The van der Waals surface area contributed by atoms with Crippen LogP contribution < -0.4 is 4.90 Å². The molecule has 2 aromatic heterocycles. The third kappa shape index (κ3) is 3.24. The Bertz CT molecular complexity index is 742. The van der Waals surface area contributed by atoms with Gasteiger partial charge in [0.05, 0.1) is 6.04 Å². The van der Waals surface area contributed by atoms with Crippen LogP contribution in [-0.2, 0) is 6.42 Å². The summed E-state index contributed by atoms with van der Waals surface area (Å²) in [5.74, 6) is 2.31. The van der Waals surface area contributed by atoms with Crippen LogP contribution in [0.3, 0.4) is 0 Å². The number of nitrogens with zero attached hydrogens (tertiary/aromatic N) is 6. The molecule has 3 rings (SSSR count). The molecule has 126 valence electrons. The van der Waals surface area contributed by atoms with Crippen molar-refractivity contribution in [3.05, 3.63) is 35.1 Å². The Balaban J connectivity index is 1.64. The normalized spacial score (nSPS) is 16.8. The van der Waals surface area contributed by atoms with Gasteiger partial charge in [0.25, 0.3) is 0 Å². The van der Waals surface area contributed by atoms with Crippen molar-refractivity contribution in [3.63, 3.8) is 0 Å². The Morgan fingerprint density at radius 2 is 2.00 bits per heavy atom. The minimum Gasteiger partial charge on any atom is -0.354 e. The van der Waals surface area contributed by atoms with E-state index in [1.54, 1.807) is 0 Å². The zero-order valence-electron chi connectivity index (χ0n) is 14.4. The van der Waals surface area contributed by atoms with Gasteiger partial charge in [0.2, 0.25) is 5.89 Å².